The molecule has 1 unspecified atom stereocenters. The van der Waals surface area contributed by atoms with Gasteiger partial charge in [0, 0.05) is 22.3 Å². The van der Waals surface area contributed by atoms with E-state index in [4.69, 9.17) is 5.26 Å². The molecular weight excluding hydrogens is 226 g/mol. The molecule has 0 bridgehead atoms. The number of hydrogen-bond donors (Lipinski definition) is 0. The highest BCUT2D eigenvalue weighted by molar-refractivity contribution is 7.88. The zero-order valence-corrected chi connectivity index (χ0v) is 9.18. The van der Waals surface area contributed by atoms with Crippen molar-refractivity contribution in [3.63, 3.8) is 0 Å². The van der Waals surface area contributed by atoms with Crippen molar-refractivity contribution in [3.05, 3.63) is 34.4 Å². The predicted octanol–water partition coefficient (Wildman–Crippen LogP) is 2.40. The molecule has 1 aliphatic rings. The summed E-state index contributed by atoms with van der Waals surface area (Å²) in [6.07, 6.45) is 4.01. The number of nitro groups is 1. The van der Waals surface area contributed by atoms with E-state index in [2.05, 4.69) is 4.36 Å². The van der Waals surface area contributed by atoms with Crippen LogP contribution in [0.2, 0.25) is 0 Å². The molecule has 5 nitrogen and oxygen atoms in total. The molecule has 1 aromatic rings. The minimum Gasteiger partial charge on any atom is -0.258 e. The maximum Gasteiger partial charge on any atom is 0.269 e. The third-order valence-corrected chi connectivity index (χ3v) is 4.40. The SMILES string of the molecule is N#CN=S(c1ccc([N+](=O)[O-])cc1)C1CC1. The smallest absolute Gasteiger partial charge is 0.258 e. The summed E-state index contributed by atoms with van der Waals surface area (Å²) >= 11 is 0. The monoisotopic (exact) mass is 235 g/mol. The van der Waals surface area contributed by atoms with Gasteiger partial charge in [-0.15, -0.1) is 4.36 Å². The zero-order chi connectivity index (χ0) is 11.5. The molecule has 1 saturated carbocycles. The summed E-state index contributed by atoms with van der Waals surface area (Å²) in [4.78, 5) is 11.0. The summed E-state index contributed by atoms with van der Waals surface area (Å²) in [5.74, 6) is 0. The molecule has 0 radical (unpaired) electrons. The first kappa shape index (κ1) is 10.8. The molecule has 2 rings (SSSR count). The van der Waals surface area contributed by atoms with Crippen LogP contribution >= 0.6 is 0 Å². The lowest BCUT2D eigenvalue weighted by Gasteiger charge is -2.03. The number of benzene rings is 1. The minimum absolute atomic E-state index is 0.0695. The fraction of sp³-hybridized carbons (Fsp3) is 0.300. The summed E-state index contributed by atoms with van der Waals surface area (Å²) in [6, 6.07) is 6.32. The van der Waals surface area contributed by atoms with Gasteiger partial charge >= 0.3 is 0 Å². The van der Waals surface area contributed by atoms with E-state index in [1.54, 1.807) is 12.1 Å². The molecular formula is C10H9N3O2S. The molecule has 0 heterocycles. The third-order valence-electron chi connectivity index (χ3n) is 2.27. The van der Waals surface area contributed by atoms with E-state index < -0.39 is 15.6 Å². The van der Waals surface area contributed by atoms with Crippen molar-refractivity contribution in [1.82, 2.24) is 0 Å². The highest BCUT2D eigenvalue weighted by atomic mass is 32.2. The van der Waals surface area contributed by atoms with E-state index in [0.717, 1.165) is 17.7 Å². The minimum atomic E-state index is -0.430. The average molecular weight is 235 g/mol. The van der Waals surface area contributed by atoms with Crippen molar-refractivity contribution in [2.45, 2.75) is 23.0 Å². The molecule has 0 amide bonds. The fourth-order valence-corrected chi connectivity index (χ4v) is 3.09. The second-order valence-electron chi connectivity index (χ2n) is 3.46. The summed E-state index contributed by atoms with van der Waals surface area (Å²) in [5, 5.41) is 19.5. The number of hydrogen-bond acceptors (Lipinski definition) is 4. The first-order valence-electron chi connectivity index (χ1n) is 4.80. The van der Waals surface area contributed by atoms with Crippen LogP contribution < -0.4 is 0 Å². The molecule has 1 aromatic carbocycles. The average Bonchev–Trinajstić information content (AvgIpc) is 3.10. The van der Waals surface area contributed by atoms with Crippen molar-refractivity contribution in [2.24, 2.45) is 4.36 Å². The summed E-state index contributed by atoms with van der Waals surface area (Å²) in [6.45, 7) is 0. The Kier molecular flexibility index (Phi) is 2.97. The van der Waals surface area contributed by atoms with Gasteiger partial charge in [0.2, 0.25) is 6.19 Å². The fourth-order valence-electron chi connectivity index (χ4n) is 1.36. The Labute approximate surface area is 95.0 Å². The van der Waals surface area contributed by atoms with Gasteiger partial charge < -0.3 is 0 Å². The third kappa shape index (κ3) is 2.25. The number of nitro benzene ring substituents is 1. The van der Waals surface area contributed by atoms with Gasteiger partial charge in [-0.25, -0.2) is 0 Å². The van der Waals surface area contributed by atoms with Crippen LogP contribution in [0.3, 0.4) is 0 Å². The lowest BCUT2D eigenvalue weighted by Crippen LogP contribution is -1.97. The van der Waals surface area contributed by atoms with Gasteiger partial charge in [0.1, 0.15) is 0 Å². The summed E-state index contributed by atoms with van der Waals surface area (Å²) in [5.41, 5.74) is 0.0695. The van der Waals surface area contributed by atoms with Gasteiger partial charge in [-0.2, -0.15) is 5.26 Å². The lowest BCUT2D eigenvalue weighted by molar-refractivity contribution is -0.384. The predicted molar refractivity (Wildman–Crippen MR) is 59.8 cm³/mol. The molecule has 82 valence electrons. The maximum absolute atomic E-state index is 10.5. The second kappa shape index (κ2) is 4.41. The molecule has 1 atom stereocenters. The summed E-state index contributed by atoms with van der Waals surface area (Å²) in [7, 11) is -0.409. The standard InChI is InChI=1S/C10H9N3O2S/c11-7-12-16(10-5-6-10)9-3-1-8(2-4-9)13(14)15/h1-4,10H,5-6H2. The van der Waals surface area contributed by atoms with Gasteiger partial charge in [0.05, 0.1) is 4.92 Å². The molecule has 6 heteroatoms. The first-order chi connectivity index (χ1) is 7.72. The van der Waals surface area contributed by atoms with E-state index in [1.807, 2.05) is 6.19 Å². The Hall–Kier alpha value is -1.74. The van der Waals surface area contributed by atoms with Crippen molar-refractivity contribution in [2.75, 3.05) is 0 Å². The van der Waals surface area contributed by atoms with Gasteiger partial charge in [0.15, 0.2) is 0 Å². The number of rotatable bonds is 3. The molecule has 0 aromatic heterocycles. The van der Waals surface area contributed by atoms with Gasteiger partial charge in [0.25, 0.3) is 5.69 Å². The van der Waals surface area contributed by atoms with E-state index in [-0.39, 0.29) is 5.69 Å². The Balaban J connectivity index is 2.30. The topological polar surface area (TPSA) is 79.3 Å². The van der Waals surface area contributed by atoms with E-state index in [0.29, 0.717) is 5.25 Å². The van der Waals surface area contributed by atoms with E-state index in [9.17, 15) is 10.1 Å². The number of nitrogens with zero attached hydrogens (tertiary/aromatic N) is 3. The maximum atomic E-state index is 10.5. The quantitative estimate of drug-likeness (QED) is 0.458. The highest BCUT2D eigenvalue weighted by Crippen LogP contribution is 2.32. The first-order valence-corrected chi connectivity index (χ1v) is 6.04. The molecule has 0 N–H and O–H groups in total. The van der Waals surface area contributed by atoms with Crippen LogP contribution in [0.25, 0.3) is 0 Å². The Morgan fingerprint density at radius 3 is 2.50 bits per heavy atom. The van der Waals surface area contributed by atoms with Crippen LogP contribution in [-0.4, -0.2) is 10.2 Å². The normalized spacial score (nSPS) is 16.7. The lowest BCUT2D eigenvalue weighted by atomic mass is 10.3. The molecule has 16 heavy (non-hydrogen) atoms. The Bertz CT molecular complexity index is 486. The van der Waals surface area contributed by atoms with E-state index in [1.165, 1.54) is 12.1 Å². The zero-order valence-electron chi connectivity index (χ0n) is 8.37. The molecule has 1 fully saturated rings. The van der Waals surface area contributed by atoms with Gasteiger partial charge in [-0.1, -0.05) is 0 Å². The molecule has 0 aliphatic heterocycles. The van der Waals surface area contributed by atoms with Crippen molar-refractivity contribution < 1.29 is 4.92 Å². The summed E-state index contributed by atoms with van der Waals surface area (Å²) < 4.78 is 3.89. The van der Waals surface area contributed by atoms with Crippen LogP contribution in [0.1, 0.15) is 12.8 Å². The molecule has 0 spiro atoms. The Morgan fingerprint density at radius 2 is 2.06 bits per heavy atom. The van der Waals surface area contributed by atoms with Gasteiger partial charge in [-0.3, -0.25) is 10.1 Å². The van der Waals surface area contributed by atoms with Crippen LogP contribution in [0.4, 0.5) is 5.69 Å². The van der Waals surface area contributed by atoms with Crippen LogP contribution in [0.15, 0.2) is 33.5 Å². The van der Waals surface area contributed by atoms with Crippen molar-refractivity contribution in [1.29, 1.82) is 5.26 Å². The molecule has 0 saturated heterocycles. The van der Waals surface area contributed by atoms with Crippen LogP contribution in [0.5, 0.6) is 0 Å². The van der Waals surface area contributed by atoms with Crippen LogP contribution in [0, 0.1) is 21.6 Å². The highest BCUT2D eigenvalue weighted by Gasteiger charge is 2.27. The number of nitriles is 1. The van der Waals surface area contributed by atoms with E-state index >= 15 is 0 Å². The molecule has 1 aliphatic carbocycles. The Morgan fingerprint density at radius 1 is 1.44 bits per heavy atom. The largest absolute Gasteiger partial charge is 0.269 e. The van der Waals surface area contributed by atoms with Crippen molar-refractivity contribution in [3.8, 4) is 6.19 Å². The van der Waals surface area contributed by atoms with Gasteiger partial charge in [-0.05, 0) is 35.7 Å². The van der Waals surface area contributed by atoms with Crippen LogP contribution in [-0.2, 0) is 10.7 Å². The second-order valence-corrected chi connectivity index (χ2v) is 5.41. The number of non-ortho nitro benzene ring substituents is 1. The van der Waals surface area contributed by atoms with Crippen molar-refractivity contribution >= 4 is 16.4 Å².